The van der Waals surface area contributed by atoms with E-state index in [4.69, 9.17) is 4.74 Å². The molecule has 0 bridgehead atoms. The van der Waals surface area contributed by atoms with Crippen LogP contribution in [0.25, 0.3) is 10.8 Å². The molecule has 1 unspecified atom stereocenters. The van der Waals surface area contributed by atoms with Crippen molar-refractivity contribution in [1.82, 2.24) is 0 Å². The van der Waals surface area contributed by atoms with Crippen LogP contribution in [0.5, 0.6) is 11.5 Å². The molecule has 148 valence electrons. The number of para-hydroxylation sites is 1. The van der Waals surface area contributed by atoms with Gasteiger partial charge in [0.25, 0.3) is 0 Å². The van der Waals surface area contributed by atoms with E-state index in [0.717, 1.165) is 27.1 Å². The molecule has 0 radical (unpaired) electrons. The molecule has 0 saturated carbocycles. The summed E-state index contributed by atoms with van der Waals surface area (Å²) < 4.78 is 7.46. The fourth-order valence-electron chi connectivity index (χ4n) is 5.01. The van der Waals surface area contributed by atoms with Crippen LogP contribution in [-0.2, 0) is 5.41 Å². The van der Waals surface area contributed by atoms with E-state index in [-0.39, 0.29) is 0 Å². The van der Waals surface area contributed by atoms with Gasteiger partial charge in [-0.25, -0.2) is 0 Å². The molecule has 6 rings (SSSR count). The fraction of sp³-hybridized carbons (Fsp3) is 0.0345. The summed E-state index contributed by atoms with van der Waals surface area (Å²) in [5, 5.41) is 2.48. The van der Waals surface area contributed by atoms with Gasteiger partial charge in [-0.2, -0.15) is 0 Å². The van der Waals surface area contributed by atoms with Crippen LogP contribution in [0.2, 0.25) is 0 Å². The van der Waals surface area contributed by atoms with Crippen molar-refractivity contribution < 1.29 is 4.74 Å². The van der Waals surface area contributed by atoms with Crippen LogP contribution >= 0.6 is 15.9 Å². The van der Waals surface area contributed by atoms with Gasteiger partial charge in [-0.15, -0.1) is 0 Å². The maximum atomic E-state index is 6.42. The Kier molecular flexibility index (Phi) is 4.22. The first-order valence-corrected chi connectivity index (χ1v) is 11.2. The predicted molar refractivity (Wildman–Crippen MR) is 130 cm³/mol. The van der Waals surface area contributed by atoms with Crippen molar-refractivity contribution in [2.75, 3.05) is 0 Å². The van der Waals surface area contributed by atoms with E-state index >= 15 is 0 Å². The molecule has 5 aromatic carbocycles. The fourth-order valence-corrected chi connectivity index (χ4v) is 5.37. The van der Waals surface area contributed by atoms with E-state index in [0.29, 0.717) is 0 Å². The third-order valence-corrected chi connectivity index (χ3v) is 6.75. The molecule has 31 heavy (non-hydrogen) atoms. The van der Waals surface area contributed by atoms with E-state index in [9.17, 15) is 0 Å². The minimum Gasteiger partial charge on any atom is -0.457 e. The van der Waals surface area contributed by atoms with E-state index < -0.39 is 5.41 Å². The Morgan fingerprint density at radius 2 is 1.23 bits per heavy atom. The number of ether oxygens (including phenoxy) is 1. The van der Waals surface area contributed by atoms with Crippen LogP contribution in [0.4, 0.5) is 0 Å². The van der Waals surface area contributed by atoms with Crippen LogP contribution in [0.3, 0.4) is 0 Å². The number of hydrogen-bond donors (Lipinski definition) is 0. The second-order valence-electron chi connectivity index (χ2n) is 7.88. The summed E-state index contributed by atoms with van der Waals surface area (Å²) in [6.07, 6.45) is 0. The third-order valence-electron chi connectivity index (χ3n) is 6.26. The number of hydrogen-bond acceptors (Lipinski definition) is 1. The Labute approximate surface area is 190 Å². The average molecular weight is 463 g/mol. The number of benzene rings is 5. The van der Waals surface area contributed by atoms with E-state index in [1.807, 2.05) is 12.1 Å². The number of halogens is 1. The van der Waals surface area contributed by atoms with Gasteiger partial charge in [0.15, 0.2) is 0 Å². The first-order valence-electron chi connectivity index (χ1n) is 10.4. The Morgan fingerprint density at radius 3 is 2.13 bits per heavy atom. The monoisotopic (exact) mass is 462 g/mol. The molecule has 1 aliphatic rings. The molecule has 1 aliphatic heterocycles. The third kappa shape index (κ3) is 2.68. The van der Waals surface area contributed by atoms with Crippen molar-refractivity contribution in [1.29, 1.82) is 0 Å². The smallest absolute Gasteiger partial charge is 0.132 e. The molecule has 0 amide bonds. The lowest BCUT2D eigenvalue weighted by Crippen LogP contribution is -2.34. The van der Waals surface area contributed by atoms with Crippen LogP contribution in [0, 0.1) is 0 Å². The largest absolute Gasteiger partial charge is 0.457 e. The van der Waals surface area contributed by atoms with Gasteiger partial charge < -0.3 is 4.74 Å². The molecule has 0 spiro atoms. The summed E-state index contributed by atoms with van der Waals surface area (Å²) in [4.78, 5) is 0. The van der Waals surface area contributed by atoms with Gasteiger partial charge >= 0.3 is 0 Å². The highest BCUT2D eigenvalue weighted by Crippen LogP contribution is 2.56. The van der Waals surface area contributed by atoms with Crippen LogP contribution in [-0.4, -0.2) is 0 Å². The second kappa shape index (κ2) is 7.11. The molecular formula is C29H19BrO. The first-order chi connectivity index (χ1) is 15.3. The Balaban J connectivity index is 1.86. The highest BCUT2D eigenvalue weighted by molar-refractivity contribution is 9.10. The van der Waals surface area contributed by atoms with Crippen molar-refractivity contribution in [3.05, 3.63) is 142 Å². The predicted octanol–water partition coefficient (Wildman–Crippen LogP) is 8.09. The summed E-state index contributed by atoms with van der Waals surface area (Å²) >= 11 is 3.72. The Morgan fingerprint density at radius 1 is 0.548 bits per heavy atom. The molecular weight excluding hydrogens is 444 g/mol. The van der Waals surface area contributed by atoms with E-state index in [2.05, 4.69) is 119 Å². The molecule has 1 nitrogen and oxygen atoms in total. The minimum atomic E-state index is -0.504. The van der Waals surface area contributed by atoms with Gasteiger partial charge in [-0.1, -0.05) is 107 Å². The highest BCUT2D eigenvalue weighted by atomic mass is 79.9. The lowest BCUT2D eigenvalue weighted by atomic mass is 9.63. The van der Waals surface area contributed by atoms with Gasteiger partial charge in [-0.05, 0) is 46.2 Å². The van der Waals surface area contributed by atoms with Crippen molar-refractivity contribution >= 4 is 26.7 Å². The molecule has 0 fully saturated rings. The van der Waals surface area contributed by atoms with Crippen molar-refractivity contribution in [3.63, 3.8) is 0 Å². The summed E-state index contributed by atoms with van der Waals surface area (Å²) in [5.41, 5.74) is 4.27. The zero-order chi connectivity index (χ0) is 20.8. The number of fused-ring (bicyclic) bond motifs is 3. The second-order valence-corrected chi connectivity index (χ2v) is 8.80. The normalized spacial score (nSPS) is 16.9. The molecule has 0 N–H and O–H groups in total. The SMILES string of the molecule is Brc1ccc2c(c1)C(c1ccccc1)(c1cccc3ccccc13)c1ccccc1O2. The topological polar surface area (TPSA) is 9.23 Å². The molecule has 0 saturated heterocycles. The Hall–Kier alpha value is -3.36. The van der Waals surface area contributed by atoms with Crippen molar-refractivity contribution in [2.45, 2.75) is 5.41 Å². The molecule has 1 atom stereocenters. The average Bonchev–Trinajstić information content (AvgIpc) is 2.83. The quantitative estimate of drug-likeness (QED) is 0.252. The standard InChI is InChI=1S/C29H19BrO/c30-22-17-18-28-26(19-22)29(21-11-2-1-3-12-21,25-14-6-7-16-27(25)31-28)24-15-8-10-20-9-4-5-13-23(20)24/h1-19H. The van der Waals surface area contributed by atoms with Gasteiger partial charge in [-0.3, -0.25) is 0 Å². The summed E-state index contributed by atoms with van der Waals surface area (Å²) in [6.45, 7) is 0. The highest BCUT2D eigenvalue weighted by Gasteiger charge is 2.46. The first kappa shape index (κ1) is 18.4. The molecule has 0 aromatic heterocycles. The van der Waals surface area contributed by atoms with E-state index in [1.54, 1.807) is 0 Å². The van der Waals surface area contributed by atoms with Gasteiger partial charge in [0, 0.05) is 15.6 Å². The zero-order valence-electron chi connectivity index (χ0n) is 16.8. The minimum absolute atomic E-state index is 0.504. The van der Waals surface area contributed by atoms with Gasteiger partial charge in [0.2, 0.25) is 0 Å². The lowest BCUT2D eigenvalue weighted by Gasteiger charge is -2.42. The maximum Gasteiger partial charge on any atom is 0.132 e. The zero-order valence-corrected chi connectivity index (χ0v) is 18.3. The molecule has 5 aromatic rings. The van der Waals surface area contributed by atoms with E-state index in [1.165, 1.54) is 21.9 Å². The van der Waals surface area contributed by atoms with Crippen molar-refractivity contribution in [3.8, 4) is 11.5 Å². The maximum absolute atomic E-state index is 6.42. The molecule has 1 heterocycles. The summed E-state index contributed by atoms with van der Waals surface area (Å²) in [7, 11) is 0. The summed E-state index contributed by atoms with van der Waals surface area (Å²) in [6, 6.07) is 40.8. The molecule has 0 aliphatic carbocycles. The van der Waals surface area contributed by atoms with Crippen LogP contribution in [0.1, 0.15) is 22.3 Å². The number of rotatable bonds is 2. The summed E-state index contributed by atoms with van der Waals surface area (Å²) in [5.74, 6) is 1.78. The van der Waals surface area contributed by atoms with Gasteiger partial charge in [0.05, 0.1) is 5.41 Å². The molecule has 2 heteroatoms. The van der Waals surface area contributed by atoms with Crippen LogP contribution in [0.15, 0.2) is 120 Å². The van der Waals surface area contributed by atoms with Gasteiger partial charge in [0.1, 0.15) is 11.5 Å². The van der Waals surface area contributed by atoms with Crippen molar-refractivity contribution in [2.24, 2.45) is 0 Å². The van der Waals surface area contributed by atoms with Crippen LogP contribution < -0.4 is 4.74 Å². The Bertz CT molecular complexity index is 1420. The lowest BCUT2D eigenvalue weighted by molar-refractivity contribution is 0.435.